The molecule has 0 amide bonds. The number of carbonyl (C=O) groups is 1. The molecule has 6 nitrogen and oxygen atoms in total. The van der Waals surface area contributed by atoms with Crippen molar-refractivity contribution in [1.29, 1.82) is 0 Å². The molecule has 0 aromatic heterocycles. The summed E-state index contributed by atoms with van der Waals surface area (Å²) in [6.45, 7) is 23.5. The van der Waals surface area contributed by atoms with Crippen LogP contribution in [0.1, 0.15) is 80.1 Å². The number of cyclic esters (lactones) is 1. The minimum Gasteiger partial charge on any atom is -0.460 e. The Kier molecular flexibility index (Phi) is 8.53. The van der Waals surface area contributed by atoms with E-state index in [1.807, 2.05) is 0 Å². The van der Waals surface area contributed by atoms with Gasteiger partial charge in [0, 0.05) is 6.42 Å². The summed E-state index contributed by atoms with van der Waals surface area (Å²) >= 11 is 0. The van der Waals surface area contributed by atoms with E-state index in [0.717, 1.165) is 32.1 Å². The molecule has 3 aliphatic heterocycles. The molecule has 34 heavy (non-hydrogen) atoms. The first kappa shape index (κ1) is 28.3. The first-order chi connectivity index (χ1) is 15.5. The summed E-state index contributed by atoms with van der Waals surface area (Å²) in [5, 5.41) is 0.282. The summed E-state index contributed by atoms with van der Waals surface area (Å²) in [6, 6.07) is 0. The van der Waals surface area contributed by atoms with Crippen LogP contribution in [0.4, 0.5) is 0 Å². The molecule has 0 aromatic carbocycles. The van der Waals surface area contributed by atoms with Crippen LogP contribution in [0, 0.1) is 0 Å². The average molecular weight is 515 g/mol. The van der Waals surface area contributed by atoms with Crippen molar-refractivity contribution >= 4 is 22.6 Å². The molecule has 0 spiro atoms. The zero-order valence-electron chi connectivity index (χ0n) is 23.4. The first-order valence-electron chi connectivity index (χ1n) is 13.3. The zero-order valence-corrected chi connectivity index (χ0v) is 25.4. The fourth-order valence-corrected chi connectivity index (χ4v) is 6.90. The van der Waals surface area contributed by atoms with E-state index >= 15 is 0 Å². The summed E-state index contributed by atoms with van der Waals surface area (Å²) in [7, 11) is -3.89. The molecule has 0 unspecified atom stereocenters. The van der Waals surface area contributed by atoms with Gasteiger partial charge in [0.05, 0.1) is 37.1 Å². The van der Waals surface area contributed by atoms with E-state index in [4.69, 9.17) is 23.1 Å². The van der Waals surface area contributed by atoms with E-state index in [2.05, 4.69) is 67.7 Å². The molecular formula is C26H50O6Si2. The van der Waals surface area contributed by atoms with Crippen LogP contribution in [0.15, 0.2) is 0 Å². The van der Waals surface area contributed by atoms with Gasteiger partial charge in [-0.15, -0.1) is 0 Å². The lowest BCUT2D eigenvalue weighted by molar-refractivity contribution is -0.149. The molecule has 6 atom stereocenters. The highest BCUT2D eigenvalue weighted by Crippen LogP contribution is 2.42. The monoisotopic (exact) mass is 514 g/mol. The van der Waals surface area contributed by atoms with Gasteiger partial charge >= 0.3 is 5.97 Å². The highest BCUT2D eigenvalue weighted by Gasteiger charge is 2.47. The van der Waals surface area contributed by atoms with Gasteiger partial charge in [-0.05, 0) is 68.4 Å². The first-order valence-corrected chi connectivity index (χ1v) is 19.1. The van der Waals surface area contributed by atoms with E-state index in [1.54, 1.807) is 0 Å². The third-order valence-electron chi connectivity index (χ3n) is 9.00. The Labute approximate surface area is 210 Å². The lowest BCUT2D eigenvalue weighted by Crippen LogP contribution is -2.51. The predicted molar refractivity (Wildman–Crippen MR) is 140 cm³/mol. The maximum absolute atomic E-state index is 11.5. The van der Waals surface area contributed by atoms with Gasteiger partial charge in [0.25, 0.3) is 0 Å². The Morgan fingerprint density at radius 3 is 1.85 bits per heavy atom. The quantitative estimate of drug-likeness (QED) is 0.284. The fourth-order valence-electron chi connectivity index (χ4n) is 4.56. The maximum atomic E-state index is 11.5. The molecule has 3 saturated heterocycles. The highest BCUT2D eigenvalue weighted by atomic mass is 28.4. The number of esters is 1. The molecular weight excluding hydrogens is 464 g/mol. The standard InChI is InChI=1S/C26H50O6Si2/c1-25(2,3)33(7,8)28-17-23(32-34(9,10)26(4,5)6)22-14-13-19(30-22)18-11-12-20(29-18)21-15-16-24(27)31-21/h18-23H,11-17H2,1-10H3/t18-,19+,20+,21-,22+,23+/m0/s1. The molecule has 0 saturated carbocycles. The summed E-state index contributed by atoms with van der Waals surface area (Å²) in [4.78, 5) is 11.5. The molecule has 3 aliphatic rings. The van der Waals surface area contributed by atoms with Gasteiger partial charge < -0.3 is 23.1 Å². The fraction of sp³-hybridized carbons (Fsp3) is 0.962. The van der Waals surface area contributed by atoms with Crippen molar-refractivity contribution in [3.05, 3.63) is 0 Å². The summed E-state index contributed by atoms with van der Waals surface area (Å²) in [6.07, 6.45) is 5.17. The van der Waals surface area contributed by atoms with Gasteiger partial charge in [-0.25, -0.2) is 0 Å². The van der Waals surface area contributed by atoms with Gasteiger partial charge in [0.1, 0.15) is 6.10 Å². The average Bonchev–Trinajstić information content (AvgIpc) is 3.42. The van der Waals surface area contributed by atoms with Crippen LogP contribution >= 0.6 is 0 Å². The van der Waals surface area contributed by atoms with E-state index < -0.39 is 16.6 Å². The second-order valence-corrected chi connectivity index (χ2v) is 23.2. The topological polar surface area (TPSA) is 63.2 Å². The van der Waals surface area contributed by atoms with Gasteiger partial charge in [-0.1, -0.05) is 41.5 Å². The number of rotatable bonds is 8. The van der Waals surface area contributed by atoms with Crippen LogP contribution in [-0.4, -0.2) is 65.8 Å². The largest absolute Gasteiger partial charge is 0.460 e. The SMILES string of the molecule is CC(C)(C)[Si](C)(C)OC[C@@H](O[Si](C)(C)C(C)(C)C)[C@H]1CC[C@H]([C@@H]2CC[C@H]([C@@H]3CCC(=O)O3)O2)O1. The summed E-state index contributed by atoms with van der Waals surface area (Å²) in [5.74, 6) is -0.0958. The lowest BCUT2D eigenvalue weighted by Gasteiger charge is -2.43. The third kappa shape index (κ3) is 6.54. The molecule has 0 radical (unpaired) electrons. The van der Waals surface area contributed by atoms with Crippen molar-refractivity contribution in [3.63, 3.8) is 0 Å². The van der Waals surface area contributed by atoms with Crippen molar-refractivity contribution in [2.24, 2.45) is 0 Å². The Hall–Kier alpha value is -0.256. The minimum atomic E-state index is -1.99. The van der Waals surface area contributed by atoms with Crippen LogP contribution in [0.2, 0.25) is 36.3 Å². The molecule has 3 rings (SSSR count). The maximum Gasteiger partial charge on any atom is 0.306 e. The Balaban J connectivity index is 1.64. The van der Waals surface area contributed by atoms with E-state index in [9.17, 15) is 4.79 Å². The third-order valence-corrected chi connectivity index (χ3v) is 18.0. The minimum absolute atomic E-state index is 0.0142. The van der Waals surface area contributed by atoms with Crippen LogP contribution < -0.4 is 0 Å². The van der Waals surface area contributed by atoms with Crippen molar-refractivity contribution in [1.82, 2.24) is 0 Å². The van der Waals surface area contributed by atoms with Gasteiger partial charge in [0.15, 0.2) is 16.6 Å². The molecule has 0 aromatic rings. The van der Waals surface area contributed by atoms with Gasteiger partial charge in [-0.3, -0.25) is 4.79 Å². The van der Waals surface area contributed by atoms with Crippen molar-refractivity contribution < 1.29 is 27.9 Å². The number of hydrogen-bond donors (Lipinski definition) is 0. The van der Waals surface area contributed by atoms with E-state index in [1.165, 1.54) is 0 Å². The number of hydrogen-bond acceptors (Lipinski definition) is 6. The molecule has 198 valence electrons. The zero-order chi connectivity index (χ0) is 25.5. The lowest BCUT2D eigenvalue weighted by atomic mass is 10.0. The smallest absolute Gasteiger partial charge is 0.306 e. The molecule has 3 fully saturated rings. The van der Waals surface area contributed by atoms with Crippen LogP contribution in [0.5, 0.6) is 0 Å². The van der Waals surface area contributed by atoms with Crippen LogP contribution in [0.3, 0.4) is 0 Å². The molecule has 8 heteroatoms. The van der Waals surface area contributed by atoms with Gasteiger partial charge in [-0.2, -0.15) is 0 Å². The second kappa shape index (κ2) is 10.2. The molecule has 0 aliphatic carbocycles. The van der Waals surface area contributed by atoms with Crippen LogP contribution in [-0.2, 0) is 27.9 Å². The van der Waals surface area contributed by atoms with Crippen LogP contribution in [0.25, 0.3) is 0 Å². The molecule has 0 N–H and O–H groups in total. The normalized spacial score (nSPS) is 32.3. The summed E-state index contributed by atoms with van der Waals surface area (Å²) in [5.41, 5.74) is 0. The Morgan fingerprint density at radius 2 is 1.32 bits per heavy atom. The predicted octanol–water partition coefficient (Wildman–Crippen LogP) is 6.20. The highest BCUT2D eigenvalue weighted by molar-refractivity contribution is 6.74. The number of ether oxygens (including phenoxy) is 3. The molecule has 0 bridgehead atoms. The Bertz CT molecular complexity index is 711. The Morgan fingerprint density at radius 1 is 0.794 bits per heavy atom. The van der Waals surface area contributed by atoms with Crippen molar-refractivity contribution in [2.75, 3.05) is 6.61 Å². The van der Waals surface area contributed by atoms with Gasteiger partial charge in [0.2, 0.25) is 0 Å². The van der Waals surface area contributed by atoms with Crippen molar-refractivity contribution in [3.8, 4) is 0 Å². The van der Waals surface area contributed by atoms with Crippen molar-refractivity contribution in [2.45, 2.75) is 153 Å². The second-order valence-electron chi connectivity index (χ2n) is 13.6. The summed E-state index contributed by atoms with van der Waals surface area (Å²) < 4.78 is 32.1. The van der Waals surface area contributed by atoms with E-state index in [-0.39, 0.29) is 52.7 Å². The number of carbonyl (C=O) groups excluding carboxylic acids is 1. The molecule has 3 heterocycles. The van der Waals surface area contributed by atoms with E-state index in [0.29, 0.717) is 13.0 Å².